The fraction of sp³-hybridized carbons (Fsp3) is 0.300. The first-order chi connectivity index (χ1) is 17.8. The highest BCUT2D eigenvalue weighted by molar-refractivity contribution is 5.96. The molecule has 0 bridgehead atoms. The molecule has 0 radical (unpaired) electrons. The number of amides is 2. The number of nitrogens with zero attached hydrogens (tertiary/aromatic N) is 1. The summed E-state index contributed by atoms with van der Waals surface area (Å²) in [5.74, 6) is -0.723. The van der Waals surface area contributed by atoms with Gasteiger partial charge < -0.3 is 19.9 Å². The maximum Gasteiger partial charge on any atom is 0.337 e. The highest BCUT2D eigenvalue weighted by Gasteiger charge is 2.32. The molecular formula is C30H31N3O4. The lowest BCUT2D eigenvalue weighted by molar-refractivity contribution is -0.138. The summed E-state index contributed by atoms with van der Waals surface area (Å²) in [6.07, 6.45) is 0.892. The van der Waals surface area contributed by atoms with E-state index < -0.39 is 12.0 Å². The Kier molecular flexibility index (Phi) is 6.70. The predicted octanol–water partition coefficient (Wildman–Crippen LogP) is 4.38. The summed E-state index contributed by atoms with van der Waals surface area (Å²) in [5, 5.41) is 6.12. The molecule has 4 aromatic rings. The molecule has 0 saturated carbocycles. The second kappa shape index (κ2) is 10.1. The lowest BCUT2D eigenvalue weighted by Gasteiger charge is -2.32. The van der Waals surface area contributed by atoms with Crippen molar-refractivity contribution in [2.75, 3.05) is 13.7 Å². The minimum atomic E-state index is -0.620. The second-order valence-electron chi connectivity index (χ2n) is 9.99. The summed E-state index contributed by atoms with van der Waals surface area (Å²) in [6.45, 7) is 4.87. The summed E-state index contributed by atoms with van der Waals surface area (Å²) >= 11 is 0. The fourth-order valence-electron chi connectivity index (χ4n) is 5.12. The molecule has 2 N–H and O–H groups in total. The number of ether oxygens (including phenoxy) is 1. The number of methoxy groups -OCH3 is 1. The Bertz CT molecular complexity index is 1500. The third-order valence-electron chi connectivity index (χ3n) is 7.14. The highest BCUT2D eigenvalue weighted by Crippen LogP contribution is 2.29. The Balaban J connectivity index is 1.32. The van der Waals surface area contributed by atoms with Crippen LogP contribution in [0, 0.1) is 5.92 Å². The molecule has 0 fully saturated rings. The molecule has 2 heterocycles. The average Bonchev–Trinajstić information content (AvgIpc) is 3.27. The van der Waals surface area contributed by atoms with Crippen LogP contribution in [0.3, 0.4) is 0 Å². The zero-order valence-corrected chi connectivity index (χ0v) is 21.3. The van der Waals surface area contributed by atoms with Gasteiger partial charge >= 0.3 is 5.97 Å². The molecule has 1 aliphatic heterocycles. The number of H-pyrrole nitrogens is 1. The third kappa shape index (κ3) is 4.94. The van der Waals surface area contributed by atoms with Gasteiger partial charge in [-0.25, -0.2) is 4.79 Å². The molecule has 1 unspecified atom stereocenters. The second-order valence-corrected chi connectivity index (χ2v) is 9.99. The molecule has 7 nitrogen and oxygen atoms in total. The van der Waals surface area contributed by atoms with Crippen LogP contribution in [0.2, 0.25) is 0 Å². The third-order valence-corrected chi connectivity index (χ3v) is 7.14. The Morgan fingerprint density at radius 2 is 1.81 bits per heavy atom. The van der Waals surface area contributed by atoms with E-state index in [2.05, 4.69) is 10.3 Å². The molecule has 2 amide bonds. The lowest BCUT2D eigenvalue weighted by Crippen LogP contribution is -2.52. The topological polar surface area (TPSA) is 91.5 Å². The van der Waals surface area contributed by atoms with E-state index in [4.69, 9.17) is 4.74 Å². The lowest BCUT2D eigenvalue weighted by atomic mass is 9.98. The Labute approximate surface area is 215 Å². The number of carbonyl (C=O) groups is 3. The molecular weight excluding hydrogens is 466 g/mol. The number of aromatic amines is 1. The van der Waals surface area contributed by atoms with Gasteiger partial charge in [0.1, 0.15) is 6.04 Å². The summed E-state index contributed by atoms with van der Waals surface area (Å²) in [4.78, 5) is 43.9. The standard InChI is InChI=1S/C30H31N3O4/c1-18(2)28(32-27(34)15-19-8-9-20-6-4-5-7-21(20)14-19)29(35)33-13-12-26-24(17-33)23-16-22(30(36)37-3)10-11-25(23)31-26/h4-11,14,16,18,28,31H,12-13,15,17H2,1-3H3,(H,32,34). The quantitative estimate of drug-likeness (QED) is 0.387. The molecule has 1 atom stereocenters. The molecule has 1 aliphatic rings. The van der Waals surface area contributed by atoms with Gasteiger partial charge in [-0.05, 0) is 40.5 Å². The van der Waals surface area contributed by atoms with Gasteiger partial charge in [0.05, 0.1) is 19.1 Å². The molecule has 190 valence electrons. The van der Waals surface area contributed by atoms with Crippen LogP contribution in [0.15, 0.2) is 60.7 Å². The van der Waals surface area contributed by atoms with Crippen LogP contribution in [-0.4, -0.2) is 47.4 Å². The van der Waals surface area contributed by atoms with Gasteiger partial charge in [0.2, 0.25) is 11.8 Å². The van der Waals surface area contributed by atoms with Gasteiger partial charge in [-0.3, -0.25) is 9.59 Å². The van der Waals surface area contributed by atoms with Crippen molar-refractivity contribution in [3.8, 4) is 0 Å². The van der Waals surface area contributed by atoms with Crippen molar-refractivity contribution < 1.29 is 19.1 Å². The SMILES string of the molecule is COC(=O)c1ccc2[nH]c3c(c2c1)CN(C(=O)C(NC(=O)Cc1ccc2ccccc2c1)C(C)C)CC3. The van der Waals surface area contributed by atoms with Crippen LogP contribution < -0.4 is 5.32 Å². The maximum atomic E-state index is 13.6. The number of carbonyl (C=O) groups excluding carboxylic acids is 3. The predicted molar refractivity (Wildman–Crippen MR) is 143 cm³/mol. The molecule has 1 aromatic heterocycles. The Morgan fingerprint density at radius 1 is 1.03 bits per heavy atom. The van der Waals surface area contributed by atoms with Crippen LogP contribution in [0.1, 0.15) is 41.0 Å². The van der Waals surface area contributed by atoms with E-state index in [1.165, 1.54) is 7.11 Å². The fourth-order valence-corrected chi connectivity index (χ4v) is 5.12. The van der Waals surface area contributed by atoms with E-state index in [0.717, 1.165) is 38.5 Å². The largest absolute Gasteiger partial charge is 0.465 e. The minimum Gasteiger partial charge on any atom is -0.465 e. The average molecular weight is 498 g/mol. The van der Waals surface area contributed by atoms with E-state index >= 15 is 0 Å². The highest BCUT2D eigenvalue weighted by atomic mass is 16.5. The molecule has 7 heteroatoms. The van der Waals surface area contributed by atoms with E-state index in [1.807, 2.05) is 68.4 Å². The molecule has 37 heavy (non-hydrogen) atoms. The maximum absolute atomic E-state index is 13.6. The van der Waals surface area contributed by atoms with Crippen molar-refractivity contribution in [2.24, 2.45) is 5.92 Å². The summed E-state index contributed by atoms with van der Waals surface area (Å²) in [5.41, 5.74) is 4.39. The Hall–Kier alpha value is -4.13. The van der Waals surface area contributed by atoms with Crippen LogP contribution in [0.25, 0.3) is 21.7 Å². The molecule has 5 rings (SSSR count). The zero-order chi connectivity index (χ0) is 26.1. The number of esters is 1. The summed E-state index contributed by atoms with van der Waals surface area (Å²) < 4.78 is 4.87. The summed E-state index contributed by atoms with van der Waals surface area (Å²) in [6, 6.07) is 18.8. The first kappa shape index (κ1) is 24.6. The zero-order valence-electron chi connectivity index (χ0n) is 21.3. The van der Waals surface area contributed by atoms with Crippen molar-refractivity contribution in [2.45, 2.75) is 39.3 Å². The first-order valence-electron chi connectivity index (χ1n) is 12.6. The number of benzene rings is 3. The Morgan fingerprint density at radius 3 is 2.57 bits per heavy atom. The number of aromatic nitrogens is 1. The van der Waals surface area contributed by atoms with Crippen LogP contribution >= 0.6 is 0 Å². The normalized spacial score (nSPS) is 14.0. The number of hydrogen-bond donors (Lipinski definition) is 2. The molecule has 3 aromatic carbocycles. The molecule has 0 spiro atoms. The van der Waals surface area contributed by atoms with Crippen molar-refractivity contribution in [3.05, 3.63) is 83.0 Å². The number of nitrogens with one attached hydrogen (secondary N) is 2. The van der Waals surface area contributed by atoms with E-state index in [-0.39, 0.29) is 24.2 Å². The number of rotatable bonds is 6. The van der Waals surface area contributed by atoms with Gasteiger partial charge in [0.25, 0.3) is 0 Å². The van der Waals surface area contributed by atoms with Crippen molar-refractivity contribution >= 4 is 39.5 Å². The van der Waals surface area contributed by atoms with Crippen LogP contribution in [0.4, 0.5) is 0 Å². The molecule has 0 saturated heterocycles. The van der Waals surface area contributed by atoms with Crippen LogP contribution in [0.5, 0.6) is 0 Å². The van der Waals surface area contributed by atoms with Crippen LogP contribution in [-0.2, 0) is 33.7 Å². The minimum absolute atomic E-state index is 0.0663. The van der Waals surface area contributed by atoms with Crippen molar-refractivity contribution in [1.82, 2.24) is 15.2 Å². The monoisotopic (exact) mass is 497 g/mol. The smallest absolute Gasteiger partial charge is 0.337 e. The van der Waals surface area contributed by atoms with E-state index in [1.54, 1.807) is 11.0 Å². The van der Waals surface area contributed by atoms with E-state index in [9.17, 15) is 14.4 Å². The summed E-state index contributed by atoms with van der Waals surface area (Å²) in [7, 11) is 1.36. The first-order valence-corrected chi connectivity index (χ1v) is 12.6. The van der Waals surface area contributed by atoms with Gasteiger partial charge in [0.15, 0.2) is 0 Å². The van der Waals surface area contributed by atoms with Crippen molar-refractivity contribution in [1.29, 1.82) is 0 Å². The van der Waals surface area contributed by atoms with Gasteiger partial charge in [-0.1, -0.05) is 56.3 Å². The number of hydrogen-bond acceptors (Lipinski definition) is 4. The molecule has 0 aliphatic carbocycles. The van der Waals surface area contributed by atoms with E-state index in [0.29, 0.717) is 25.1 Å². The van der Waals surface area contributed by atoms with Gasteiger partial charge in [-0.15, -0.1) is 0 Å². The van der Waals surface area contributed by atoms with Crippen molar-refractivity contribution in [3.63, 3.8) is 0 Å². The van der Waals surface area contributed by atoms with Gasteiger partial charge in [0, 0.05) is 41.7 Å². The van der Waals surface area contributed by atoms with Gasteiger partial charge in [-0.2, -0.15) is 0 Å². The number of fused-ring (bicyclic) bond motifs is 4.